The standard InChI is InChI=1S/C17H27N5O2/c1-17(2,3)24-16(23)22-12-10-21(11-13-22)15(18)20-9-7-14-6-4-5-8-19-14/h4-6,8H,7,9-13H2,1-3H3,(H2,18,20). The Labute approximate surface area is 143 Å². The fourth-order valence-electron chi connectivity index (χ4n) is 2.38. The maximum atomic E-state index is 12.0. The number of aromatic nitrogens is 1. The van der Waals surface area contributed by atoms with Crippen LogP contribution in [0.2, 0.25) is 0 Å². The molecule has 2 heterocycles. The predicted octanol–water partition coefficient (Wildman–Crippen LogP) is 1.49. The van der Waals surface area contributed by atoms with E-state index in [2.05, 4.69) is 9.98 Å². The van der Waals surface area contributed by atoms with Gasteiger partial charge in [0.15, 0.2) is 5.96 Å². The number of guanidine groups is 1. The van der Waals surface area contributed by atoms with Gasteiger partial charge in [0.1, 0.15) is 5.60 Å². The quantitative estimate of drug-likeness (QED) is 0.669. The van der Waals surface area contributed by atoms with Crippen LogP contribution < -0.4 is 5.73 Å². The Bertz CT molecular complexity index is 560. The largest absolute Gasteiger partial charge is 0.444 e. The molecule has 132 valence electrons. The summed E-state index contributed by atoms with van der Waals surface area (Å²) in [5.74, 6) is 0.523. The summed E-state index contributed by atoms with van der Waals surface area (Å²) in [6, 6.07) is 5.84. The van der Waals surface area contributed by atoms with Crippen LogP contribution in [0.5, 0.6) is 0 Å². The summed E-state index contributed by atoms with van der Waals surface area (Å²) in [6.45, 7) is 8.72. The van der Waals surface area contributed by atoms with Crippen molar-refractivity contribution in [1.82, 2.24) is 14.8 Å². The summed E-state index contributed by atoms with van der Waals surface area (Å²) in [7, 11) is 0. The second-order valence-corrected chi connectivity index (χ2v) is 6.77. The molecule has 1 aromatic heterocycles. The lowest BCUT2D eigenvalue weighted by Crippen LogP contribution is -2.53. The molecule has 0 spiro atoms. The first kappa shape index (κ1) is 18.0. The highest BCUT2D eigenvalue weighted by atomic mass is 16.6. The fourth-order valence-corrected chi connectivity index (χ4v) is 2.38. The van der Waals surface area contributed by atoms with Crippen molar-refractivity contribution in [2.75, 3.05) is 32.7 Å². The van der Waals surface area contributed by atoms with Crippen LogP contribution in [0, 0.1) is 0 Å². The van der Waals surface area contributed by atoms with Crippen LogP contribution >= 0.6 is 0 Å². The molecule has 24 heavy (non-hydrogen) atoms. The van der Waals surface area contributed by atoms with E-state index >= 15 is 0 Å². The van der Waals surface area contributed by atoms with Gasteiger partial charge in [0.2, 0.25) is 0 Å². The lowest BCUT2D eigenvalue weighted by molar-refractivity contribution is 0.0186. The van der Waals surface area contributed by atoms with E-state index in [0.717, 1.165) is 12.1 Å². The monoisotopic (exact) mass is 333 g/mol. The van der Waals surface area contributed by atoms with E-state index in [9.17, 15) is 4.79 Å². The average molecular weight is 333 g/mol. The Kier molecular flexibility index (Phi) is 6.00. The van der Waals surface area contributed by atoms with Crippen LogP contribution in [0.1, 0.15) is 26.5 Å². The fraction of sp³-hybridized carbons (Fsp3) is 0.588. The summed E-state index contributed by atoms with van der Waals surface area (Å²) in [5.41, 5.74) is 6.59. The van der Waals surface area contributed by atoms with Crippen molar-refractivity contribution in [2.45, 2.75) is 32.8 Å². The molecule has 0 radical (unpaired) electrons. The predicted molar refractivity (Wildman–Crippen MR) is 93.8 cm³/mol. The first-order valence-electron chi connectivity index (χ1n) is 8.28. The van der Waals surface area contributed by atoms with Crippen LogP contribution in [0.3, 0.4) is 0 Å². The molecular weight excluding hydrogens is 306 g/mol. The van der Waals surface area contributed by atoms with Gasteiger partial charge in [-0.05, 0) is 32.9 Å². The van der Waals surface area contributed by atoms with E-state index in [-0.39, 0.29) is 6.09 Å². The average Bonchev–Trinajstić information content (AvgIpc) is 2.54. The number of carbonyl (C=O) groups excluding carboxylic acids is 1. The molecule has 1 fully saturated rings. The lowest BCUT2D eigenvalue weighted by atomic mass is 10.2. The van der Waals surface area contributed by atoms with Gasteiger partial charge < -0.3 is 20.3 Å². The van der Waals surface area contributed by atoms with Crippen molar-refractivity contribution in [3.8, 4) is 0 Å². The highest BCUT2D eigenvalue weighted by molar-refractivity contribution is 5.78. The topological polar surface area (TPSA) is 84.0 Å². The molecule has 1 aromatic rings. The first-order valence-corrected chi connectivity index (χ1v) is 8.28. The Morgan fingerprint density at radius 3 is 2.50 bits per heavy atom. The SMILES string of the molecule is CC(C)(C)OC(=O)N1CCN(C(N)=NCCc2ccccn2)CC1. The van der Waals surface area contributed by atoms with Crippen molar-refractivity contribution < 1.29 is 9.53 Å². The van der Waals surface area contributed by atoms with Crippen LogP contribution in [-0.4, -0.2) is 65.2 Å². The zero-order valence-electron chi connectivity index (χ0n) is 14.7. The number of piperazine rings is 1. The van der Waals surface area contributed by atoms with E-state index in [4.69, 9.17) is 10.5 Å². The normalized spacial score (nSPS) is 16.2. The number of nitrogens with zero attached hydrogens (tertiary/aromatic N) is 4. The number of amides is 1. The van der Waals surface area contributed by atoms with Crippen molar-refractivity contribution in [1.29, 1.82) is 0 Å². The highest BCUT2D eigenvalue weighted by Gasteiger charge is 2.26. The van der Waals surface area contributed by atoms with Crippen molar-refractivity contribution in [3.63, 3.8) is 0 Å². The lowest BCUT2D eigenvalue weighted by Gasteiger charge is -2.36. The molecule has 1 saturated heterocycles. The van der Waals surface area contributed by atoms with E-state index in [0.29, 0.717) is 38.7 Å². The molecule has 0 unspecified atom stereocenters. The van der Waals surface area contributed by atoms with E-state index in [1.807, 2.05) is 43.9 Å². The maximum Gasteiger partial charge on any atom is 0.410 e. The summed E-state index contributed by atoms with van der Waals surface area (Å²) < 4.78 is 5.39. The summed E-state index contributed by atoms with van der Waals surface area (Å²) in [6.07, 6.45) is 2.27. The van der Waals surface area contributed by atoms with Gasteiger partial charge in [0.05, 0.1) is 0 Å². The second kappa shape index (κ2) is 7.99. The number of pyridine rings is 1. The molecule has 2 N–H and O–H groups in total. The molecule has 1 aliphatic heterocycles. The van der Waals surface area contributed by atoms with Crippen LogP contribution in [0.15, 0.2) is 29.4 Å². The molecule has 0 bridgehead atoms. The molecule has 0 saturated carbocycles. The number of carbonyl (C=O) groups is 1. The van der Waals surface area contributed by atoms with Gasteiger partial charge in [-0.25, -0.2) is 4.79 Å². The van der Waals surface area contributed by atoms with Gasteiger partial charge in [-0.1, -0.05) is 6.07 Å². The third kappa shape index (κ3) is 5.72. The number of aliphatic imine (C=N–C) groups is 1. The first-order chi connectivity index (χ1) is 11.3. The van der Waals surface area contributed by atoms with E-state index in [1.54, 1.807) is 11.1 Å². The molecule has 7 nitrogen and oxygen atoms in total. The van der Waals surface area contributed by atoms with Crippen LogP contribution in [-0.2, 0) is 11.2 Å². The van der Waals surface area contributed by atoms with E-state index < -0.39 is 5.60 Å². The molecule has 1 amide bonds. The Morgan fingerprint density at radius 2 is 1.92 bits per heavy atom. The maximum absolute atomic E-state index is 12.0. The molecule has 1 aliphatic rings. The summed E-state index contributed by atoms with van der Waals surface area (Å²) in [4.78, 5) is 24.4. The van der Waals surface area contributed by atoms with Gasteiger partial charge in [-0.2, -0.15) is 0 Å². The molecule has 2 rings (SSSR count). The van der Waals surface area contributed by atoms with Crippen molar-refractivity contribution in [2.24, 2.45) is 10.7 Å². The van der Waals surface area contributed by atoms with Crippen LogP contribution in [0.25, 0.3) is 0 Å². The molecule has 0 aliphatic carbocycles. The number of hydrogen-bond acceptors (Lipinski definition) is 4. The minimum atomic E-state index is -0.472. The Hall–Kier alpha value is -2.31. The number of hydrogen-bond donors (Lipinski definition) is 1. The van der Waals surface area contributed by atoms with Gasteiger partial charge in [-0.3, -0.25) is 9.98 Å². The van der Waals surface area contributed by atoms with Crippen LogP contribution in [0.4, 0.5) is 4.79 Å². The Morgan fingerprint density at radius 1 is 1.25 bits per heavy atom. The Balaban J connectivity index is 1.76. The smallest absolute Gasteiger partial charge is 0.410 e. The number of ether oxygens (including phenoxy) is 1. The number of nitrogens with two attached hydrogens (primary N) is 1. The zero-order chi connectivity index (χ0) is 17.6. The van der Waals surface area contributed by atoms with Gasteiger partial charge in [0.25, 0.3) is 0 Å². The van der Waals surface area contributed by atoms with Crippen molar-refractivity contribution >= 4 is 12.1 Å². The van der Waals surface area contributed by atoms with Gasteiger partial charge >= 0.3 is 6.09 Å². The number of rotatable bonds is 3. The molecule has 0 aromatic carbocycles. The van der Waals surface area contributed by atoms with Gasteiger partial charge in [-0.15, -0.1) is 0 Å². The molecular formula is C17H27N5O2. The van der Waals surface area contributed by atoms with E-state index in [1.165, 1.54) is 0 Å². The summed E-state index contributed by atoms with van der Waals surface area (Å²) >= 11 is 0. The van der Waals surface area contributed by atoms with Crippen molar-refractivity contribution in [3.05, 3.63) is 30.1 Å². The minimum absolute atomic E-state index is 0.271. The third-order valence-corrected chi connectivity index (χ3v) is 3.62. The zero-order valence-corrected chi connectivity index (χ0v) is 14.7. The third-order valence-electron chi connectivity index (χ3n) is 3.62. The second-order valence-electron chi connectivity index (χ2n) is 6.77. The molecule has 0 atom stereocenters. The highest BCUT2D eigenvalue weighted by Crippen LogP contribution is 2.11. The molecule has 7 heteroatoms. The minimum Gasteiger partial charge on any atom is -0.444 e. The summed E-state index contributed by atoms with van der Waals surface area (Å²) in [5, 5.41) is 0. The van der Waals surface area contributed by atoms with Gasteiger partial charge in [0, 0.05) is 51.0 Å².